The molecule has 184 valence electrons. The van der Waals surface area contributed by atoms with E-state index in [1.807, 2.05) is 14.1 Å². The van der Waals surface area contributed by atoms with Crippen molar-refractivity contribution in [1.82, 2.24) is 24.4 Å². The molecule has 1 aromatic carbocycles. The number of aromatic nitrogens is 4. The third-order valence-corrected chi connectivity index (χ3v) is 6.48. The van der Waals surface area contributed by atoms with E-state index in [4.69, 9.17) is 14.5 Å². The molecule has 0 amide bonds. The predicted molar refractivity (Wildman–Crippen MR) is 133 cm³/mol. The Morgan fingerprint density at radius 3 is 2.86 bits per heavy atom. The summed E-state index contributed by atoms with van der Waals surface area (Å²) in [6.07, 6.45) is 5.14. The molecule has 9 heteroatoms. The Labute approximate surface area is 202 Å². The number of ether oxygens (including phenoxy) is 2. The molecule has 1 atom stereocenters. The molecule has 0 aliphatic carbocycles. The minimum atomic E-state index is -0.403. The zero-order valence-corrected chi connectivity index (χ0v) is 20.3. The van der Waals surface area contributed by atoms with Gasteiger partial charge in [0, 0.05) is 55.0 Å². The van der Waals surface area contributed by atoms with Crippen LogP contribution >= 0.6 is 0 Å². The number of rotatable bonds is 7. The first kappa shape index (κ1) is 23.4. The number of halogens is 1. The van der Waals surface area contributed by atoms with Crippen molar-refractivity contribution in [1.29, 1.82) is 0 Å². The summed E-state index contributed by atoms with van der Waals surface area (Å²) in [5.41, 5.74) is 3.27. The van der Waals surface area contributed by atoms with E-state index in [1.54, 1.807) is 36.0 Å². The molecule has 1 aliphatic heterocycles. The maximum absolute atomic E-state index is 15.3. The van der Waals surface area contributed by atoms with Crippen LogP contribution in [0, 0.1) is 5.82 Å². The number of pyridine rings is 2. The third-order valence-electron chi connectivity index (χ3n) is 6.48. The van der Waals surface area contributed by atoms with Crippen LogP contribution in [0.25, 0.3) is 33.1 Å². The fourth-order valence-corrected chi connectivity index (χ4v) is 4.64. The second kappa shape index (κ2) is 9.75. The Hall–Kier alpha value is -3.30. The van der Waals surface area contributed by atoms with Crippen molar-refractivity contribution in [2.45, 2.75) is 31.8 Å². The van der Waals surface area contributed by atoms with Gasteiger partial charge in [0.05, 0.1) is 28.9 Å². The standard InChI is InChI=1S/C26H30FN5O3/c1-31(2)10-6-12-35-22-9-8-16(15-28-22)17-13-18-20(14-19(17)27)29-24(21-7-4-5-11-34-21)25-23(18)30-26(33)32(25)3/h8-9,13-15,21H,4-7,10-12H2,1-3H3,(H,30,33). The van der Waals surface area contributed by atoms with Crippen LogP contribution in [0.1, 0.15) is 37.5 Å². The lowest BCUT2D eigenvalue weighted by molar-refractivity contribution is 0.0133. The highest BCUT2D eigenvalue weighted by Gasteiger charge is 2.25. The van der Waals surface area contributed by atoms with Crippen molar-refractivity contribution in [2.75, 3.05) is 33.9 Å². The summed E-state index contributed by atoms with van der Waals surface area (Å²) in [6.45, 7) is 2.14. The molecule has 8 nitrogen and oxygen atoms in total. The highest BCUT2D eigenvalue weighted by atomic mass is 19.1. The quantitative estimate of drug-likeness (QED) is 0.400. The molecule has 1 saturated heterocycles. The summed E-state index contributed by atoms with van der Waals surface area (Å²) in [5, 5.41) is 0.678. The first-order valence-corrected chi connectivity index (χ1v) is 12.0. The smallest absolute Gasteiger partial charge is 0.326 e. The van der Waals surface area contributed by atoms with Crippen LogP contribution in [-0.2, 0) is 11.8 Å². The number of H-pyrrole nitrogens is 1. The van der Waals surface area contributed by atoms with E-state index in [1.165, 1.54) is 6.07 Å². The van der Waals surface area contributed by atoms with Gasteiger partial charge in [-0.25, -0.2) is 19.2 Å². The van der Waals surface area contributed by atoms with Crippen LogP contribution < -0.4 is 10.4 Å². The summed E-state index contributed by atoms with van der Waals surface area (Å²) >= 11 is 0. The summed E-state index contributed by atoms with van der Waals surface area (Å²) in [7, 11) is 5.75. The molecule has 0 radical (unpaired) electrons. The molecule has 1 fully saturated rings. The first-order chi connectivity index (χ1) is 16.9. The summed E-state index contributed by atoms with van der Waals surface area (Å²) in [5.74, 6) is 0.0989. The van der Waals surface area contributed by atoms with Crippen molar-refractivity contribution in [3.05, 3.63) is 52.5 Å². The number of aromatic amines is 1. The predicted octanol–water partition coefficient (Wildman–Crippen LogP) is 4.19. The summed E-state index contributed by atoms with van der Waals surface area (Å²) in [6, 6.07) is 6.70. The second-order valence-electron chi connectivity index (χ2n) is 9.30. The average molecular weight is 480 g/mol. The highest BCUT2D eigenvalue weighted by molar-refractivity contribution is 6.05. The van der Waals surface area contributed by atoms with E-state index in [0.717, 1.165) is 32.2 Å². The van der Waals surface area contributed by atoms with Crippen LogP contribution in [-0.4, -0.2) is 58.3 Å². The van der Waals surface area contributed by atoms with Gasteiger partial charge in [0.1, 0.15) is 11.9 Å². The van der Waals surface area contributed by atoms with Crippen LogP contribution in [0.15, 0.2) is 35.3 Å². The van der Waals surface area contributed by atoms with Crippen LogP contribution in [0.5, 0.6) is 5.88 Å². The van der Waals surface area contributed by atoms with Gasteiger partial charge in [0.15, 0.2) is 0 Å². The van der Waals surface area contributed by atoms with Crippen LogP contribution in [0.4, 0.5) is 4.39 Å². The lowest BCUT2D eigenvalue weighted by Gasteiger charge is -2.23. The molecule has 3 aromatic heterocycles. The topological polar surface area (TPSA) is 85.3 Å². The summed E-state index contributed by atoms with van der Waals surface area (Å²) < 4.78 is 28.5. The molecule has 4 heterocycles. The fraction of sp³-hybridized carbons (Fsp3) is 0.423. The molecule has 4 aromatic rings. The first-order valence-electron chi connectivity index (χ1n) is 12.0. The van der Waals surface area contributed by atoms with E-state index in [0.29, 0.717) is 57.9 Å². The zero-order valence-electron chi connectivity index (χ0n) is 20.3. The van der Waals surface area contributed by atoms with Crippen molar-refractivity contribution in [3.63, 3.8) is 0 Å². The molecular formula is C26H30FN5O3. The number of nitrogens with zero attached hydrogens (tertiary/aromatic N) is 4. The number of benzene rings is 1. The maximum Gasteiger partial charge on any atom is 0.326 e. The third kappa shape index (κ3) is 4.66. The molecule has 1 aliphatic rings. The number of imidazole rings is 1. The van der Waals surface area contributed by atoms with Crippen molar-refractivity contribution < 1.29 is 13.9 Å². The largest absolute Gasteiger partial charge is 0.478 e. The van der Waals surface area contributed by atoms with Crippen LogP contribution in [0.2, 0.25) is 0 Å². The van der Waals surface area contributed by atoms with E-state index in [9.17, 15) is 4.79 Å². The molecule has 0 saturated carbocycles. The number of hydrogen-bond donors (Lipinski definition) is 1. The van der Waals surface area contributed by atoms with Crippen molar-refractivity contribution >= 4 is 21.9 Å². The number of hydrogen-bond acceptors (Lipinski definition) is 6. The maximum atomic E-state index is 15.3. The lowest BCUT2D eigenvalue weighted by atomic mass is 10.0. The van der Waals surface area contributed by atoms with Crippen molar-refractivity contribution in [3.8, 4) is 17.0 Å². The van der Waals surface area contributed by atoms with Gasteiger partial charge >= 0.3 is 5.69 Å². The Kier molecular flexibility index (Phi) is 6.53. The molecular weight excluding hydrogens is 449 g/mol. The van der Waals surface area contributed by atoms with Crippen molar-refractivity contribution in [2.24, 2.45) is 7.05 Å². The fourth-order valence-electron chi connectivity index (χ4n) is 4.64. The molecule has 1 unspecified atom stereocenters. The van der Waals surface area contributed by atoms with E-state index >= 15 is 4.39 Å². The molecule has 5 rings (SSSR count). The number of nitrogens with one attached hydrogen (secondary N) is 1. The Morgan fingerprint density at radius 2 is 2.14 bits per heavy atom. The zero-order chi connectivity index (χ0) is 24.5. The molecule has 35 heavy (non-hydrogen) atoms. The number of aryl methyl sites for hydroxylation is 1. The monoisotopic (exact) mass is 479 g/mol. The minimum Gasteiger partial charge on any atom is -0.478 e. The van der Waals surface area contributed by atoms with E-state index < -0.39 is 5.82 Å². The second-order valence-corrected chi connectivity index (χ2v) is 9.30. The van der Waals surface area contributed by atoms with Gasteiger partial charge in [0.25, 0.3) is 0 Å². The van der Waals surface area contributed by atoms with Crippen LogP contribution in [0.3, 0.4) is 0 Å². The lowest BCUT2D eigenvalue weighted by Crippen LogP contribution is -2.16. The molecule has 0 spiro atoms. The Morgan fingerprint density at radius 1 is 1.29 bits per heavy atom. The van der Waals surface area contributed by atoms with Gasteiger partial charge in [-0.1, -0.05) is 0 Å². The van der Waals surface area contributed by atoms with Gasteiger partial charge in [-0.2, -0.15) is 0 Å². The number of fused-ring (bicyclic) bond motifs is 3. The van der Waals surface area contributed by atoms with Gasteiger partial charge in [-0.3, -0.25) is 4.57 Å². The SMILES string of the molecule is CN(C)CCCOc1ccc(-c2cc3c(cc2F)nc(C2CCCCO2)c2c3[nH]c(=O)n2C)cn1. The normalized spacial score (nSPS) is 16.4. The average Bonchev–Trinajstić information content (AvgIpc) is 3.16. The van der Waals surface area contributed by atoms with Gasteiger partial charge < -0.3 is 19.4 Å². The summed E-state index contributed by atoms with van der Waals surface area (Å²) in [4.78, 5) is 26.7. The minimum absolute atomic E-state index is 0.214. The Bertz CT molecular complexity index is 1410. The highest BCUT2D eigenvalue weighted by Crippen LogP contribution is 2.36. The molecule has 1 N–H and O–H groups in total. The molecule has 0 bridgehead atoms. The van der Waals surface area contributed by atoms with Gasteiger partial charge in [-0.15, -0.1) is 0 Å². The van der Waals surface area contributed by atoms with Gasteiger partial charge in [0.2, 0.25) is 5.88 Å². The van der Waals surface area contributed by atoms with Gasteiger partial charge in [-0.05, 0) is 51.9 Å². The Balaban J connectivity index is 1.52. The van der Waals surface area contributed by atoms with E-state index in [-0.39, 0.29) is 11.8 Å². The van der Waals surface area contributed by atoms with E-state index in [2.05, 4.69) is 14.9 Å².